The second-order valence-electron chi connectivity index (χ2n) is 6.22. The van der Waals surface area contributed by atoms with E-state index in [0.29, 0.717) is 6.04 Å². The van der Waals surface area contributed by atoms with Crippen molar-refractivity contribution in [2.45, 2.75) is 32.9 Å². The van der Waals surface area contributed by atoms with Gasteiger partial charge < -0.3 is 5.32 Å². The van der Waals surface area contributed by atoms with Crippen LogP contribution in [0.25, 0.3) is 20.8 Å². The average molecular weight is 358 g/mol. The number of anilines is 1. The van der Waals surface area contributed by atoms with Gasteiger partial charge in [-0.3, -0.25) is 14.7 Å². The van der Waals surface area contributed by atoms with Gasteiger partial charge in [-0.2, -0.15) is 0 Å². The highest BCUT2D eigenvalue weighted by Gasteiger charge is 2.29. The van der Waals surface area contributed by atoms with Crippen molar-refractivity contribution in [2.24, 2.45) is 0 Å². The Morgan fingerprint density at radius 1 is 1.42 bits per heavy atom. The van der Waals surface area contributed by atoms with Crippen LogP contribution in [0.15, 0.2) is 18.5 Å². The molecular formula is C17H18N4OS2. The lowest BCUT2D eigenvalue weighted by atomic mass is 9.98. The van der Waals surface area contributed by atoms with Crippen LogP contribution < -0.4 is 5.32 Å². The monoisotopic (exact) mass is 358 g/mol. The van der Waals surface area contributed by atoms with Crippen LogP contribution in [-0.4, -0.2) is 33.9 Å². The zero-order chi connectivity index (χ0) is 16.8. The Bertz CT molecular complexity index is 897. The van der Waals surface area contributed by atoms with Crippen LogP contribution in [0.2, 0.25) is 0 Å². The zero-order valence-electron chi connectivity index (χ0n) is 13.8. The minimum Gasteiger partial charge on any atom is -0.317 e. The summed E-state index contributed by atoms with van der Waals surface area (Å²) in [6.45, 7) is 4.71. The average Bonchev–Trinajstić information content (AvgIpc) is 3.07. The minimum atomic E-state index is -0.0426. The molecule has 0 aliphatic carbocycles. The molecule has 1 atom stereocenters. The smallest absolute Gasteiger partial charge is 0.221 e. The number of hydrogen-bond acceptors (Lipinski definition) is 6. The van der Waals surface area contributed by atoms with Gasteiger partial charge in [-0.15, -0.1) is 22.7 Å². The van der Waals surface area contributed by atoms with E-state index in [1.165, 1.54) is 10.4 Å². The van der Waals surface area contributed by atoms with Gasteiger partial charge in [0, 0.05) is 36.1 Å². The fraction of sp³-hybridized carbons (Fsp3) is 0.353. The Hall–Kier alpha value is -1.83. The quantitative estimate of drug-likeness (QED) is 0.758. The third-order valence-electron chi connectivity index (χ3n) is 4.43. The third-order valence-corrected chi connectivity index (χ3v) is 6.62. The van der Waals surface area contributed by atoms with Crippen molar-refractivity contribution < 1.29 is 4.79 Å². The Labute approximate surface area is 148 Å². The number of amides is 1. The second-order valence-corrected chi connectivity index (χ2v) is 8.36. The number of aromatic nitrogens is 2. The summed E-state index contributed by atoms with van der Waals surface area (Å²) in [4.78, 5) is 24.3. The van der Waals surface area contributed by atoms with Gasteiger partial charge in [0.15, 0.2) is 0 Å². The van der Waals surface area contributed by atoms with Crippen molar-refractivity contribution in [1.82, 2.24) is 14.9 Å². The summed E-state index contributed by atoms with van der Waals surface area (Å²) in [5, 5.41) is 4.90. The predicted octanol–water partition coefficient (Wildman–Crippen LogP) is 3.75. The van der Waals surface area contributed by atoms with Crippen LogP contribution in [0.5, 0.6) is 0 Å². The molecule has 4 heterocycles. The molecule has 4 rings (SSSR count). The molecule has 0 bridgehead atoms. The van der Waals surface area contributed by atoms with E-state index in [1.807, 2.05) is 6.07 Å². The summed E-state index contributed by atoms with van der Waals surface area (Å²) >= 11 is 3.34. The first-order valence-electron chi connectivity index (χ1n) is 7.86. The van der Waals surface area contributed by atoms with Gasteiger partial charge in [0.05, 0.1) is 10.9 Å². The molecule has 1 amide bonds. The number of likely N-dealkylation sites (N-methyl/N-ethyl adjacent to an activating group) is 1. The number of rotatable bonds is 2. The molecule has 124 valence electrons. The maximum Gasteiger partial charge on any atom is 0.221 e. The summed E-state index contributed by atoms with van der Waals surface area (Å²) in [6, 6.07) is 2.47. The molecule has 24 heavy (non-hydrogen) atoms. The molecule has 0 aromatic carbocycles. The fourth-order valence-electron chi connectivity index (χ4n) is 3.05. The Morgan fingerprint density at radius 3 is 3.00 bits per heavy atom. The summed E-state index contributed by atoms with van der Waals surface area (Å²) in [6.07, 6.45) is 4.56. The number of nitrogens with zero attached hydrogens (tertiary/aromatic N) is 3. The Morgan fingerprint density at radius 2 is 2.25 bits per heavy atom. The van der Waals surface area contributed by atoms with Crippen LogP contribution in [0, 0.1) is 0 Å². The molecular weight excluding hydrogens is 340 g/mol. The highest BCUT2D eigenvalue weighted by molar-refractivity contribution is 7.22. The number of thiazole rings is 1. The van der Waals surface area contributed by atoms with Gasteiger partial charge in [-0.1, -0.05) is 0 Å². The molecule has 5 nitrogen and oxygen atoms in total. The van der Waals surface area contributed by atoms with Crippen LogP contribution in [0.4, 0.5) is 5.00 Å². The van der Waals surface area contributed by atoms with Gasteiger partial charge in [0.1, 0.15) is 15.5 Å². The van der Waals surface area contributed by atoms with Crippen LogP contribution in [0.3, 0.4) is 0 Å². The summed E-state index contributed by atoms with van der Waals surface area (Å²) in [5.41, 5.74) is 3.35. The molecule has 3 aromatic heterocycles. The number of carbonyl (C=O) groups excluding carboxylic acids is 1. The van der Waals surface area contributed by atoms with E-state index in [2.05, 4.69) is 29.2 Å². The fourth-order valence-corrected chi connectivity index (χ4v) is 5.47. The Balaban J connectivity index is 1.90. The van der Waals surface area contributed by atoms with Crippen LogP contribution in [0.1, 0.15) is 24.3 Å². The van der Waals surface area contributed by atoms with E-state index >= 15 is 0 Å². The van der Waals surface area contributed by atoms with Crippen molar-refractivity contribution >= 4 is 43.8 Å². The van der Waals surface area contributed by atoms with Gasteiger partial charge in [0.25, 0.3) is 0 Å². The molecule has 0 spiro atoms. The molecule has 0 fully saturated rings. The molecule has 7 heteroatoms. The number of carbonyl (C=O) groups is 1. The highest BCUT2D eigenvalue weighted by atomic mass is 32.1. The van der Waals surface area contributed by atoms with E-state index in [-0.39, 0.29) is 5.91 Å². The standard InChI is InChI=1S/C17H18N4OS2/c1-9-6-11-14(8-21(9)3)24-16(19-10(2)22)15(11)17-20-12-7-18-5-4-13(12)23-17/h4-5,7,9H,6,8H2,1-3H3,(H,19,22). The van der Waals surface area contributed by atoms with Gasteiger partial charge in [-0.05, 0) is 32.0 Å². The van der Waals surface area contributed by atoms with Gasteiger partial charge in [0.2, 0.25) is 5.91 Å². The molecule has 0 saturated heterocycles. The molecule has 0 saturated carbocycles. The van der Waals surface area contributed by atoms with Gasteiger partial charge >= 0.3 is 0 Å². The number of thiophene rings is 1. The SMILES string of the molecule is CC(=O)Nc1sc2c(c1-c1nc3cnccc3s1)CC(C)N(C)C2. The Kier molecular flexibility index (Phi) is 3.86. The minimum absolute atomic E-state index is 0.0426. The highest BCUT2D eigenvalue weighted by Crippen LogP contribution is 2.46. The third kappa shape index (κ3) is 2.62. The lowest BCUT2D eigenvalue weighted by molar-refractivity contribution is -0.114. The van der Waals surface area contributed by atoms with Crippen LogP contribution >= 0.6 is 22.7 Å². The number of fused-ring (bicyclic) bond motifs is 2. The van der Waals surface area contributed by atoms with Crippen molar-refractivity contribution in [1.29, 1.82) is 0 Å². The van der Waals surface area contributed by atoms with Crippen molar-refractivity contribution in [3.8, 4) is 10.6 Å². The lowest BCUT2D eigenvalue weighted by Crippen LogP contribution is -2.34. The largest absolute Gasteiger partial charge is 0.317 e. The molecule has 1 aliphatic heterocycles. The molecule has 1 aliphatic rings. The van der Waals surface area contributed by atoms with Crippen molar-refractivity contribution in [3.05, 3.63) is 28.9 Å². The van der Waals surface area contributed by atoms with E-state index in [9.17, 15) is 4.79 Å². The number of nitrogens with one attached hydrogen (secondary N) is 1. The maximum atomic E-state index is 11.7. The molecule has 1 N–H and O–H groups in total. The predicted molar refractivity (Wildman–Crippen MR) is 99.7 cm³/mol. The lowest BCUT2D eigenvalue weighted by Gasteiger charge is -2.29. The van der Waals surface area contributed by atoms with Crippen LogP contribution in [-0.2, 0) is 17.8 Å². The van der Waals surface area contributed by atoms with Crippen molar-refractivity contribution in [2.75, 3.05) is 12.4 Å². The van der Waals surface area contributed by atoms with E-state index in [4.69, 9.17) is 4.98 Å². The van der Waals surface area contributed by atoms with E-state index < -0.39 is 0 Å². The topological polar surface area (TPSA) is 58.1 Å². The first-order valence-corrected chi connectivity index (χ1v) is 9.49. The van der Waals surface area contributed by atoms with Gasteiger partial charge in [-0.25, -0.2) is 4.98 Å². The second kappa shape index (κ2) is 5.91. The maximum absolute atomic E-state index is 11.7. The molecule has 0 radical (unpaired) electrons. The first kappa shape index (κ1) is 15.7. The van der Waals surface area contributed by atoms with E-state index in [0.717, 1.165) is 38.8 Å². The number of pyridine rings is 1. The zero-order valence-corrected chi connectivity index (χ0v) is 15.4. The summed E-state index contributed by atoms with van der Waals surface area (Å²) < 4.78 is 1.12. The van der Waals surface area contributed by atoms with E-state index in [1.54, 1.807) is 42.0 Å². The number of hydrogen-bond donors (Lipinski definition) is 1. The first-order chi connectivity index (χ1) is 11.5. The molecule has 1 unspecified atom stereocenters. The summed E-state index contributed by atoms with van der Waals surface area (Å²) in [5.74, 6) is -0.0426. The van der Waals surface area contributed by atoms with Crippen molar-refractivity contribution in [3.63, 3.8) is 0 Å². The summed E-state index contributed by atoms with van der Waals surface area (Å²) in [7, 11) is 2.15. The normalized spacial score (nSPS) is 17.9. The molecule has 3 aromatic rings.